The molecule has 10 heteroatoms. The molecule has 2 aromatic heterocycles. The molecule has 0 radical (unpaired) electrons. The van der Waals surface area contributed by atoms with Crippen LogP contribution < -0.4 is 15.8 Å². The van der Waals surface area contributed by atoms with Crippen LogP contribution in [0.25, 0.3) is 11.3 Å². The molecule has 0 aliphatic heterocycles. The van der Waals surface area contributed by atoms with Crippen molar-refractivity contribution in [1.82, 2.24) is 9.97 Å². The van der Waals surface area contributed by atoms with Gasteiger partial charge in [0.25, 0.3) is 0 Å². The van der Waals surface area contributed by atoms with Crippen LogP contribution in [0.15, 0.2) is 48.0 Å². The molecular weight excluding hydrogens is 386 g/mol. The van der Waals surface area contributed by atoms with Gasteiger partial charge in [0.1, 0.15) is 5.82 Å². The average molecular weight is 403 g/mol. The lowest BCUT2D eigenvalue weighted by Crippen LogP contribution is -2.15. The first kappa shape index (κ1) is 18.8. The number of nitrogen functional groups attached to an aromatic ring is 1. The first-order valence-electron chi connectivity index (χ1n) is 7.82. The van der Waals surface area contributed by atoms with Crippen molar-refractivity contribution in [3.8, 4) is 11.3 Å². The molecule has 4 N–H and O–H groups in total. The van der Waals surface area contributed by atoms with E-state index in [1.165, 1.54) is 11.3 Å². The Morgan fingerprint density at radius 3 is 2.81 bits per heavy atom. The van der Waals surface area contributed by atoms with Gasteiger partial charge in [0.2, 0.25) is 15.9 Å². The molecule has 1 aromatic carbocycles. The van der Waals surface area contributed by atoms with Gasteiger partial charge in [-0.1, -0.05) is 12.1 Å². The third-order valence-electron chi connectivity index (χ3n) is 3.42. The number of anilines is 3. The minimum Gasteiger partial charge on any atom is -0.384 e. The molecule has 1 amide bonds. The highest BCUT2D eigenvalue weighted by Crippen LogP contribution is 2.25. The molecule has 0 spiro atoms. The van der Waals surface area contributed by atoms with Crippen LogP contribution in [-0.2, 0) is 21.2 Å². The number of pyridine rings is 1. The zero-order chi connectivity index (χ0) is 19.4. The molecule has 0 aliphatic rings. The maximum atomic E-state index is 12.3. The number of rotatable bonds is 6. The standard InChI is InChI=1S/C17H17N5O3S2/c1-27(24,25)22-13-4-2-3-11(7-13)8-16(23)21-17-20-14(10-26-17)12-5-6-19-15(18)9-12/h2-7,9-10,22H,8H2,1H3,(H2,18,19)(H,20,21,23). The van der Waals surface area contributed by atoms with Crippen LogP contribution >= 0.6 is 11.3 Å². The molecule has 8 nitrogen and oxygen atoms in total. The summed E-state index contributed by atoms with van der Waals surface area (Å²) in [6.07, 6.45) is 2.76. The predicted molar refractivity (Wildman–Crippen MR) is 107 cm³/mol. The molecular formula is C17H17N5O3S2. The van der Waals surface area contributed by atoms with Crippen molar-refractivity contribution in [2.45, 2.75) is 6.42 Å². The molecule has 3 rings (SSSR count). The number of nitrogens with two attached hydrogens (primary N) is 1. The Labute approximate surface area is 160 Å². The Balaban J connectivity index is 1.66. The summed E-state index contributed by atoms with van der Waals surface area (Å²) in [4.78, 5) is 20.6. The second kappa shape index (κ2) is 7.72. The van der Waals surface area contributed by atoms with Crippen LogP contribution in [0, 0.1) is 0 Å². The van der Waals surface area contributed by atoms with Crippen LogP contribution in [0.2, 0.25) is 0 Å². The van der Waals surface area contributed by atoms with Gasteiger partial charge in [-0.05, 0) is 29.8 Å². The molecule has 3 aromatic rings. The maximum absolute atomic E-state index is 12.3. The van der Waals surface area contributed by atoms with Gasteiger partial charge >= 0.3 is 0 Å². The van der Waals surface area contributed by atoms with Crippen molar-refractivity contribution < 1.29 is 13.2 Å². The normalized spacial score (nSPS) is 11.1. The first-order valence-corrected chi connectivity index (χ1v) is 10.6. The predicted octanol–water partition coefficient (Wildman–Crippen LogP) is 2.34. The fraction of sp³-hybridized carbons (Fsp3) is 0.118. The second-order valence-electron chi connectivity index (χ2n) is 5.81. The number of carbonyl (C=O) groups excluding carboxylic acids is 1. The second-order valence-corrected chi connectivity index (χ2v) is 8.41. The van der Waals surface area contributed by atoms with Gasteiger partial charge in [-0.2, -0.15) is 0 Å². The Kier molecular flexibility index (Phi) is 5.38. The van der Waals surface area contributed by atoms with Crippen molar-refractivity contribution >= 4 is 43.9 Å². The topological polar surface area (TPSA) is 127 Å². The Morgan fingerprint density at radius 1 is 1.26 bits per heavy atom. The number of carbonyl (C=O) groups is 1. The summed E-state index contributed by atoms with van der Waals surface area (Å²) in [6, 6.07) is 10.2. The Bertz CT molecular complexity index is 1080. The molecule has 0 bridgehead atoms. The van der Waals surface area contributed by atoms with Crippen LogP contribution in [0.3, 0.4) is 0 Å². The molecule has 0 aliphatic carbocycles. The monoisotopic (exact) mass is 403 g/mol. The van der Waals surface area contributed by atoms with Crippen LogP contribution in [0.5, 0.6) is 0 Å². The first-order chi connectivity index (χ1) is 12.8. The van der Waals surface area contributed by atoms with E-state index < -0.39 is 10.0 Å². The van der Waals surface area contributed by atoms with Gasteiger partial charge < -0.3 is 11.1 Å². The van der Waals surface area contributed by atoms with Gasteiger partial charge in [0.15, 0.2) is 5.13 Å². The van der Waals surface area contributed by atoms with Crippen molar-refractivity contribution in [1.29, 1.82) is 0 Å². The van der Waals surface area contributed by atoms with Crippen LogP contribution in [0.1, 0.15) is 5.56 Å². The summed E-state index contributed by atoms with van der Waals surface area (Å²) in [6.45, 7) is 0. The SMILES string of the molecule is CS(=O)(=O)Nc1cccc(CC(=O)Nc2nc(-c3ccnc(N)c3)cs2)c1. The zero-order valence-electron chi connectivity index (χ0n) is 14.3. The smallest absolute Gasteiger partial charge is 0.230 e. The van der Waals surface area contributed by atoms with Crippen molar-refractivity contribution in [2.75, 3.05) is 22.0 Å². The van der Waals surface area contributed by atoms with E-state index in [-0.39, 0.29) is 12.3 Å². The molecule has 0 saturated carbocycles. The molecule has 140 valence electrons. The highest BCUT2D eigenvalue weighted by Gasteiger charge is 2.10. The molecule has 27 heavy (non-hydrogen) atoms. The number of benzene rings is 1. The number of hydrogen-bond acceptors (Lipinski definition) is 7. The molecule has 0 fully saturated rings. The maximum Gasteiger partial charge on any atom is 0.230 e. The number of hydrogen-bond donors (Lipinski definition) is 3. The number of nitrogens with zero attached hydrogens (tertiary/aromatic N) is 2. The Hall–Kier alpha value is -2.98. The fourth-order valence-corrected chi connectivity index (χ4v) is 3.67. The van der Waals surface area contributed by atoms with E-state index >= 15 is 0 Å². The van der Waals surface area contributed by atoms with Crippen molar-refractivity contribution in [3.05, 3.63) is 53.5 Å². The summed E-state index contributed by atoms with van der Waals surface area (Å²) in [7, 11) is -3.37. The van der Waals surface area contributed by atoms with Crippen LogP contribution in [-0.4, -0.2) is 30.5 Å². The van der Waals surface area contributed by atoms with Gasteiger partial charge in [0.05, 0.1) is 18.4 Å². The number of nitrogens with one attached hydrogen (secondary N) is 2. The average Bonchev–Trinajstić information content (AvgIpc) is 3.02. The third kappa shape index (κ3) is 5.50. The fourth-order valence-electron chi connectivity index (χ4n) is 2.38. The van der Waals surface area contributed by atoms with E-state index in [4.69, 9.17) is 5.73 Å². The highest BCUT2D eigenvalue weighted by molar-refractivity contribution is 7.92. The molecule has 2 heterocycles. The lowest BCUT2D eigenvalue weighted by Gasteiger charge is -2.06. The summed E-state index contributed by atoms with van der Waals surface area (Å²) >= 11 is 1.30. The van der Waals surface area contributed by atoms with Crippen molar-refractivity contribution in [2.24, 2.45) is 0 Å². The quantitative estimate of drug-likeness (QED) is 0.580. The van der Waals surface area contributed by atoms with Gasteiger partial charge in [-0.15, -0.1) is 11.3 Å². The van der Waals surface area contributed by atoms with E-state index in [0.29, 0.717) is 27.9 Å². The zero-order valence-corrected chi connectivity index (χ0v) is 16.0. The third-order valence-corrected chi connectivity index (χ3v) is 4.79. The summed E-state index contributed by atoms with van der Waals surface area (Å²) in [5.41, 5.74) is 8.28. The number of sulfonamides is 1. The molecule has 0 unspecified atom stereocenters. The minimum absolute atomic E-state index is 0.0937. The number of thiazole rings is 1. The molecule has 0 atom stereocenters. The van der Waals surface area contributed by atoms with E-state index in [2.05, 4.69) is 20.0 Å². The van der Waals surface area contributed by atoms with Crippen molar-refractivity contribution in [3.63, 3.8) is 0 Å². The number of amides is 1. The van der Waals surface area contributed by atoms with E-state index in [1.54, 1.807) is 42.6 Å². The van der Waals surface area contributed by atoms with E-state index in [0.717, 1.165) is 11.8 Å². The van der Waals surface area contributed by atoms with Gasteiger partial charge in [0, 0.05) is 22.8 Å². The highest BCUT2D eigenvalue weighted by atomic mass is 32.2. The largest absolute Gasteiger partial charge is 0.384 e. The summed E-state index contributed by atoms with van der Waals surface area (Å²) in [5, 5.41) is 5.03. The lowest BCUT2D eigenvalue weighted by atomic mass is 10.1. The molecule has 0 saturated heterocycles. The van der Waals surface area contributed by atoms with E-state index in [1.807, 2.05) is 5.38 Å². The Morgan fingerprint density at radius 2 is 2.07 bits per heavy atom. The minimum atomic E-state index is -3.37. The van der Waals surface area contributed by atoms with Crippen LogP contribution in [0.4, 0.5) is 16.6 Å². The lowest BCUT2D eigenvalue weighted by molar-refractivity contribution is -0.115. The summed E-state index contributed by atoms with van der Waals surface area (Å²) < 4.78 is 25.0. The van der Waals surface area contributed by atoms with Gasteiger partial charge in [-0.3, -0.25) is 9.52 Å². The number of aromatic nitrogens is 2. The van der Waals surface area contributed by atoms with Gasteiger partial charge in [-0.25, -0.2) is 18.4 Å². The summed E-state index contributed by atoms with van der Waals surface area (Å²) in [5.74, 6) is 0.148. The van der Waals surface area contributed by atoms with E-state index in [9.17, 15) is 13.2 Å².